The van der Waals surface area contributed by atoms with E-state index in [4.69, 9.17) is 4.74 Å². The predicted molar refractivity (Wildman–Crippen MR) is 81.6 cm³/mol. The fourth-order valence-electron chi connectivity index (χ4n) is 3.28. The van der Waals surface area contributed by atoms with Crippen molar-refractivity contribution in [2.24, 2.45) is 11.8 Å². The Labute approximate surface area is 122 Å². The lowest BCUT2D eigenvalue weighted by atomic mass is 9.81. The molecule has 1 aliphatic heterocycles. The highest BCUT2D eigenvalue weighted by atomic mass is 16.5. The van der Waals surface area contributed by atoms with Crippen molar-refractivity contribution in [1.82, 2.24) is 5.32 Å². The molecule has 3 heteroatoms. The second-order valence-electron chi connectivity index (χ2n) is 5.98. The summed E-state index contributed by atoms with van der Waals surface area (Å²) in [6, 6.07) is 10.3. The molecule has 3 nitrogen and oxygen atoms in total. The molecule has 20 heavy (non-hydrogen) atoms. The van der Waals surface area contributed by atoms with Crippen LogP contribution in [0.1, 0.15) is 38.4 Å². The molecule has 0 aromatic heterocycles. The molecule has 1 saturated heterocycles. The Kier molecular flexibility index (Phi) is 5.58. The number of aliphatic hydroxyl groups is 1. The van der Waals surface area contributed by atoms with E-state index in [9.17, 15) is 5.11 Å². The van der Waals surface area contributed by atoms with Gasteiger partial charge in [0.1, 0.15) is 0 Å². The molecule has 0 spiro atoms. The summed E-state index contributed by atoms with van der Waals surface area (Å²) >= 11 is 0. The van der Waals surface area contributed by atoms with E-state index in [1.165, 1.54) is 6.42 Å². The number of methoxy groups -OCH3 is 1. The molecule has 1 aromatic carbocycles. The first-order chi connectivity index (χ1) is 9.65. The van der Waals surface area contributed by atoms with E-state index in [1.54, 1.807) is 7.11 Å². The van der Waals surface area contributed by atoms with Gasteiger partial charge in [0, 0.05) is 13.2 Å². The molecule has 2 N–H and O–H groups in total. The Morgan fingerprint density at radius 1 is 1.20 bits per heavy atom. The summed E-state index contributed by atoms with van der Waals surface area (Å²) in [6.07, 6.45) is 2.10. The molecule has 1 fully saturated rings. The van der Waals surface area contributed by atoms with E-state index in [2.05, 4.69) is 19.2 Å². The van der Waals surface area contributed by atoms with E-state index in [-0.39, 0.29) is 12.0 Å². The molecule has 0 radical (unpaired) electrons. The van der Waals surface area contributed by atoms with Gasteiger partial charge in [-0.15, -0.1) is 0 Å². The first-order valence-corrected chi connectivity index (χ1v) is 7.64. The van der Waals surface area contributed by atoms with Gasteiger partial charge in [-0.05, 0) is 36.8 Å². The number of nitrogens with one attached hydrogen (secondary N) is 1. The van der Waals surface area contributed by atoms with Crippen molar-refractivity contribution in [1.29, 1.82) is 0 Å². The minimum atomic E-state index is -0.440. The van der Waals surface area contributed by atoms with E-state index >= 15 is 0 Å². The number of hydrogen-bond donors (Lipinski definition) is 2. The zero-order chi connectivity index (χ0) is 14.5. The molecule has 0 bridgehead atoms. The Morgan fingerprint density at radius 2 is 1.90 bits per heavy atom. The van der Waals surface area contributed by atoms with Crippen molar-refractivity contribution in [3.05, 3.63) is 35.9 Å². The molecule has 5 unspecified atom stereocenters. The number of ether oxygens (including phenoxy) is 1. The van der Waals surface area contributed by atoms with Crippen LogP contribution in [0.5, 0.6) is 0 Å². The molecule has 1 aromatic rings. The second kappa shape index (κ2) is 7.21. The van der Waals surface area contributed by atoms with Gasteiger partial charge in [0.05, 0.1) is 12.2 Å². The van der Waals surface area contributed by atoms with Crippen LogP contribution in [0.2, 0.25) is 0 Å². The summed E-state index contributed by atoms with van der Waals surface area (Å²) in [7, 11) is 1.78. The van der Waals surface area contributed by atoms with Gasteiger partial charge < -0.3 is 15.2 Å². The number of hydrogen-bond acceptors (Lipinski definition) is 3. The highest BCUT2D eigenvalue weighted by Crippen LogP contribution is 2.32. The van der Waals surface area contributed by atoms with E-state index in [1.807, 2.05) is 30.3 Å². The van der Waals surface area contributed by atoms with Crippen LogP contribution in [0.15, 0.2) is 30.3 Å². The molecule has 0 amide bonds. The number of aliphatic hydroxyl groups excluding tert-OH is 1. The molecular weight excluding hydrogens is 250 g/mol. The maximum atomic E-state index is 10.6. The van der Waals surface area contributed by atoms with Crippen LogP contribution in [0, 0.1) is 11.8 Å². The van der Waals surface area contributed by atoms with Gasteiger partial charge in [-0.2, -0.15) is 0 Å². The minimum absolute atomic E-state index is 0.157. The van der Waals surface area contributed by atoms with Crippen LogP contribution < -0.4 is 5.32 Å². The van der Waals surface area contributed by atoms with Crippen LogP contribution in [0.25, 0.3) is 0 Å². The Hall–Kier alpha value is -0.900. The molecule has 0 saturated carbocycles. The van der Waals surface area contributed by atoms with Crippen molar-refractivity contribution < 1.29 is 9.84 Å². The Morgan fingerprint density at radius 3 is 2.45 bits per heavy atom. The van der Waals surface area contributed by atoms with Crippen LogP contribution >= 0.6 is 0 Å². The van der Waals surface area contributed by atoms with E-state index < -0.39 is 6.10 Å². The minimum Gasteiger partial charge on any atom is -0.388 e. The van der Waals surface area contributed by atoms with Gasteiger partial charge >= 0.3 is 0 Å². The highest BCUT2D eigenvalue weighted by molar-refractivity contribution is 5.18. The fourth-order valence-corrected chi connectivity index (χ4v) is 3.28. The molecule has 5 atom stereocenters. The maximum absolute atomic E-state index is 10.6. The van der Waals surface area contributed by atoms with E-state index in [0.717, 1.165) is 18.5 Å². The van der Waals surface area contributed by atoms with Crippen LogP contribution in [-0.4, -0.2) is 30.9 Å². The number of rotatable bonds is 6. The van der Waals surface area contributed by atoms with E-state index in [0.29, 0.717) is 12.0 Å². The SMILES string of the molecule is COC(C1CCCN1)C(C)C(C)C(O)c1ccccc1. The Balaban J connectivity index is 2.04. The molecular formula is C17H27NO2. The highest BCUT2D eigenvalue weighted by Gasteiger charge is 2.34. The average molecular weight is 277 g/mol. The van der Waals surface area contributed by atoms with Crippen molar-refractivity contribution in [3.8, 4) is 0 Å². The number of benzene rings is 1. The van der Waals surface area contributed by atoms with Crippen LogP contribution in [0.3, 0.4) is 0 Å². The van der Waals surface area contributed by atoms with Crippen molar-refractivity contribution in [2.75, 3.05) is 13.7 Å². The van der Waals surface area contributed by atoms with Crippen LogP contribution in [-0.2, 0) is 4.74 Å². The summed E-state index contributed by atoms with van der Waals surface area (Å²) in [4.78, 5) is 0. The summed E-state index contributed by atoms with van der Waals surface area (Å²) in [5, 5.41) is 14.1. The third-order valence-corrected chi connectivity index (χ3v) is 4.75. The molecule has 1 aliphatic rings. The summed E-state index contributed by atoms with van der Waals surface area (Å²) in [5.74, 6) is 0.454. The standard InChI is InChI=1S/C17H27NO2/c1-12(16(19)14-8-5-4-6-9-14)13(2)17(20-3)15-10-7-11-18-15/h4-6,8-9,12-13,15-19H,7,10-11H2,1-3H3. The van der Waals surface area contributed by atoms with Crippen molar-refractivity contribution in [2.45, 2.75) is 44.9 Å². The largest absolute Gasteiger partial charge is 0.388 e. The maximum Gasteiger partial charge on any atom is 0.0819 e. The van der Waals surface area contributed by atoms with Crippen molar-refractivity contribution >= 4 is 0 Å². The van der Waals surface area contributed by atoms with Gasteiger partial charge in [0.25, 0.3) is 0 Å². The lowest BCUT2D eigenvalue weighted by Gasteiger charge is -2.34. The lowest BCUT2D eigenvalue weighted by Crippen LogP contribution is -2.43. The zero-order valence-corrected chi connectivity index (χ0v) is 12.8. The molecule has 112 valence electrons. The first kappa shape index (κ1) is 15.5. The van der Waals surface area contributed by atoms with Gasteiger partial charge in [0.15, 0.2) is 0 Å². The molecule has 2 rings (SSSR count). The van der Waals surface area contributed by atoms with Gasteiger partial charge in [-0.25, -0.2) is 0 Å². The molecule has 1 heterocycles. The topological polar surface area (TPSA) is 41.5 Å². The molecule has 0 aliphatic carbocycles. The predicted octanol–water partition coefficient (Wildman–Crippen LogP) is 2.76. The second-order valence-corrected chi connectivity index (χ2v) is 5.98. The third-order valence-electron chi connectivity index (χ3n) is 4.75. The quantitative estimate of drug-likeness (QED) is 0.840. The summed E-state index contributed by atoms with van der Waals surface area (Å²) in [6.45, 7) is 5.38. The van der Waals surface area contributed by atoms with Gasteiger partial charge in [-0.1, -0.05) is 44.2 Å². The summed E-state index contributed by atoms with van der Waals surface area (Å²) < 4.78 is 5.73. The fraction of sp³-hybridized carbons (Fsp3) is 0.647. The van der Waals surface area contributed by atoms with Crippen molar-refractivity contribution in [3.63, 3.8) is 0 Å². The Bertz CT molecular complexity index is 389. The van der Waals surface area contributed by atoms with Gasteiger partial charge in [-0.3, -0.25) is 0 Å². The monoisotopic (exact) mass is 277 g/mol. The third kappa shape index (κ3) is 3.40. The summed E-state index contributed by atoms with van der Waals surface area (Å²) in [5.41, 5.74) is 0.987. The average Bonchev–Trinajstić information content (AvgIpc) is 3.01. The smallest absolute Gasteiger partial charge is 0.0819 e. The zero-order valence-electron chi connectivity index (χ0n) is 12.8. The normalized spacial score (nSPS) is 25.1. The van der Waals surface area contributed by atoms with Crippen LogP contribution in [0.4, 0.5) is 0 Å². The first-order valence-electron chi connectivity index (χ1n) is 7.64. The van der Waals surface area contributed by atoms with Gasteiger partial charge in [0.2, 0.25) is 0 Å². The lowest BCUT2D eigenvalue weighted by molar-refractivity contribution is -0.0188.